The third kappa shape index (κ3) is 2.23. The zero-order valence-electron chi connectivity index (χ0n) is 11.5. The van der Waals surface area contributed by atoms with Gasteiger partial charge in [0.1, 0.15) is 6.23 Å². The Labute approximate surface area is 118 Å². The lowest BCUT2D eigenvalue weighted by Gasteiger charge is -2.33. The molecule has 0 radical (unpaired) electrons. The van der Waals surface area contributed by atoms with Crippen molar-refractivity contribution in [3.8, 4) is 0 Å². The molecule has 3 rings (SSSR count). The molecule has 0 spiro atoms. The van der Waals surface area contributed by atoms with E-state index in [2.05, 4.69) is 4.90 Å². The van der Waals surface area contributed by atoms with Crippen molar-refractivity contribution < 1.29 is 14.4 Å². The van der Waals surface area contributed by atoms with Gasteiger partial charge in [-0.2, -0.15) is 0 Å². The molecule has 2 heterocycles. The fourth-order valence-corrected chi connectivity index (χ4v) is 2.76. The Hall–Kier alpha value is -1.72. The van der Waals surface area contributed by atoms with Crippen LogP contribution in [0.3, 0.4) is 0 Å². The molecule has 1 aromatic carbocycles. The summed E-state index contributed by atoms with van der Waals surface area (Å²) in [5.41, 5.74) is 0.840. The maximum atomic E-state index is 12.2. The molecule has 0 bridgehead atoms. The summed E-state index contributed by atoms with van der Waals surface area (Å²) in [5.74, 6) is -0.732. The molecule has 2 amide bonds. The van der Waals surface area contributed by atoms with E-state index < -0.39 is 0 Å². The van der Waals surface area contributed by atoms with Crippen LogP contribution in [0.5, 0.6) is 0 Å². The molecule has 1 unspecified atom stereocenters. The molecule has 5 heteroatoms. The van der Waals surface area contributed by atoms with Crippen molar-refractivity contribution >= 4 is 11.8 Å². The Balaban J connectivity index is 1.73. The van der Waals surface area contributed by atoms with E-state index in [9.17, 15) is 9.59 Å². The predicted octanol–water partition coefficient (Wildman–Crippen LogP) is 2.05. The number of fused-ring (bicyclic) bond motifs is 1. The molecule has 0 N–H and O–H groups in total. The van der Waals surface area contributed by atoms with Crippen LogP contribution < -0.4 is 0 Å². The Morgan fingerprint density at radius 2 is 1.55 bits per heavy atom. The molecule has 20 heavy (non-hydrogen) atoms. The van der Waals surface area contributed by atoms with Gasteiger partial charge >= 0.3 is 0 Å². The average Bonchev–Trinajstić information content (AvgIpc) is 2.74. The van der Waals surface area contributed by atoms with Crippen LogP contribution in [0.1, 0.15) is 46.9 Å². The van der Waals surface area contributed by atoms with Gasteiger partial charge < -0.3 is 0 Å². The van der Waals surface area contributed by atoms with Gasteiger partial charge in [0.25, 0.3) is 11.8 Å². The van der Waals surface area contributed by atoms with Crippen LogP contribution in [0.15, 0.2) is 24.3 Å². The fourth-order valence-electron chi connectivity index (χ4n) is 2.76. The van der Waals surface area contributed by atoms with Gasteiger partial charge in [-0.05, 0) is 31.9 Å². The first-order chi connectivity index (χ1) is 9.68. The molecule has 1 fully saturated rings. The number of hydrogen-bond donors (Lipinski definition) is 0. The minimum absolute atomic E-state index is 0.266. The van der Waals surface area contributed by atoms with Crippen molar-refractivity contribution in [3.05, 3.63) is 35.4 Å². The lowest BCUT2D eigenvalue weighted by Crippen LogP contribution is -2.44. The van der Waals surface area contributed by atoms with Crippen molar-refractivity contribution in [1.82, 2.24) is 9.96 Å². The molecule has 0 aromatic heterocycles. The number of hydroxylamine groups is 2. The summed E-state index contributed by atoms with van der Waals surface area (Å²) < 4.78 is 0. The van der Waals surface area contributed by atoms with Gasteiger partial charge in [-0.1, -0.05) is 18.6 Å². The molecule has 2 aliphatic rings. The first-order valence-electron chi connectivity index (χ1n) is 7.07. The monoisotopic (exact) mass is 274 g/mol. The van der Waals surface area contributed by atoms with E-state index in [-0.39, 0.29) is 18.0 Å². The number of carbonyl (C=O) groups is 2. The maximum Gasteiger partial charge on any atom is 0.285 e. The number of rotatable bonds is 3. The number of nitrogens with zero attached hydrogens (tertiary/aromatic N) is 2. The van der Waals surface area contributed by atoms with Crippen LogP contribution in [0.4, 0.5) is 0 Å². The summed E-state index contributed by atoms with van der Waals surface area (Å²) in [5, 5.41) is 0.907. The highest BCUT2D eigenvalue weighted by molar-refractivity contribution is 6.20. The number of likely N-dealkylation sites (tertiary alicyclic amines) is 1. The lowest BCUT2D eigenvalue weighted by molar-refractivity contribution is -0.179. The first-order valence-corrected chi connectivity index (χ1v) is 7.07. The first kappa shape index (κ1) is 13.3. The van der Waals surface area contributed by atoms with Crippen molar-refractivity contribution in [2.75, 3.05) is 13.1 Å². The van der Waals surface area contributed by atoms with Crippen LogP contribution in [-0.4, -0.2) is 41.1 Å². The molecule has 5 nitrogen and oxygen atoms in total. The van der Waals surface area contributed by atoms with E-state index in [1.165, 1.54) is 6.42 Å². The highest BCUT2D eigenvalue weighted by atomic mass is 16.7. The Kier molecular flexibility index (Phi) is 3.54. The van der Waals surface area contributed by atoms with E-state index in [1.807, 2.05) is 6.92 Å². The van der Waals surface area contributed by atoms with Gasteiger partial charge in [-0.15, -0.1) is 5.06 Å². The van der Waals surface area contributed by atoms with E-state index >= 15 is 0 Å². The summed E-state index contributed by atoms with van der Waals surface area (Å²) in [6.45, 7) is 3.78. The highest BCUT2D eigenvalue weighted by Gasteiger charge is 2.38. The molecule has 1 atom stereocenters. The van der Waals surface area contributed by atoms with Gasteiger partial charge in [0, 0.05) is 13.1 Å². The second-order valence-corrected chi connectivity index (χ2v) is 5.25. The van der Waals surface area contributed by atoms with Crippen LogP contribution in [-0.2, 0) is 4.84 Å². The van der Waals surface area contributed by atoms with E-state index in [1.54, 1.807) is 24.3 Å². The summed E-state index contributed by atoms with van der Waals surface area (Å²) in [4.78, 5) is 32.2. The summed E-state index contributed by atoms with van der Waals surface area (Å²) in [6, 6.07) is 6.82. The minimum atomic E-state index is -0.366. The molecule has 1 saturated heterocycles. The van der Waals surface area contributed by atoms with Gasteiger partial charge in [-0.3, -0.25) is 14.5 Å². The van der Waals surface area contributed by atoms with Crippen LogP contribution >= 0.6 is 0 Å². The number of imide groups is 1. The van der Waals surface area contributed by atoms with Crippen LogP contribution in [0.25, 0.3) is 0 Å². The summed E-state index contributed by atoms with van der Waals surface area (Å²) in [6.07, 6.45) is 3.24. The fraction of sp³-hybridized carbons (Fsp3) is 0.467. The largest absolute Gasteiger partial charge is 0.285 e. The standard InChI is InChI=1S/C15H18N2O3/c1-11(16-9-5-2-6-10-16)20-17-14(18)12-7-3-4-8-13(12)15(17)19/h3-4,7-8,11H,2,5-6,9-10H2,1H3. The number of hydrogen-bond acceptors (Lipinski definition) is 4. The smallest absolute Gasteiger partial charge is 0.276 e. The van der Waals surface area contributed by atoms with Crippen molar-refractivity contribution in [1.29, 1.82) is 0 Å². The van der Waals surface area contributed by atoms with Crippen molar-refractivity contribution in [2.45, 2.75) is 32.4 Å². The van der Waals surface area contributed by atoms with Crippen LogP contribution in [0, 0.1) is 0 Å². The van der Waals surface area contributed by atoms with Gasteiger partial charge in [-0.25, -0.2) is 4.84 Å². The van der Waals surface area contributed by atoms with E-state index in [0.717, 1.165) is 31.0 Å². The number of benzene rings is 1. The minimum Gasteiger partial charge on any atom is -0.276 e. The third-order valence-electron chi connectivity index (χ3n) is 3.92. The topological polar surface area (TPSA) is 49.9 Å². The highest BCUT2D eigenvalue weighted by Crippen LogP contribution is 2.24. The number of piperidine rings is 1. The zero-order chi connectivity index (χ0) is 14.1. The number of amides is 2. The Morgan fingerprint density at radius 3 is 2.10 bits per heavy atom. The van der Waals surface area contributed by atoms with Gasteiger partial charge in [0.2, 0.25) is 0 Å². The summed E-state index contributed by atoms with van der Waals surface area (Å²) in [7, 11) is 0. The third-order valence-corrected chi connectivity index (χ3v) is 3.92. The SMILES string of the molecule is CC(ON1C(=O)c2ccccc2C1=O)N1CCCCC1. The molecule has 1 aromatic rings. The number of carbonyl (C=O) groups excluding carboxylic acids is 2. The average molecular weight is 274 g/mol. The lowest BCUT2D eigenvalue weighted by atomic mass is 10.1. The summed E-state index contributed by atoms with van der Waals surface area (Å²) >= 11 is 0. The second kappa shape index (κ2) is 5.34. The van der Waals surface area contributed by atoms with Crippen LogP contribution in [0.2, 0.25) is 0 Å². The predicted molar refractivity (Wildman–Crippen MR) is 72.9 cm³/mol. The Bertz CT molecular complexity index is 503. The molecular formula is C15H18N2O3. The van der Waals surface area contributed by atoms with Gasteiger partial charge in [0.05, 0.1) is 11.1 Å². The van der Waals surface area contributed by atoms with Crippen molar-refractivity contribution in [2.24, 2.45) is 0 Å². The molecule has 2 aliphatic heterocycles. The normalized spacial score (nSPS) is 21.1. The molecule has 0 saturated carbocycles. The molecular weight excluding hydrogens is 256 g/mol. The zero-order valence-corrected chi connectivity index (χ0v) is 11.5. The quantitative estimate of drug-likeness (QED) is 0.792. The second-order valence-electron chi connectivity index (χ2n) is 5.25. The van der Waals surface area contributed by atoms with Crippen molar-refractivity contribution in [3.63, 3.8) is 0 Å². The van der Waals surface area contributed by atoms with E-state index in [4.69, 9.17) is 4.84 Å². The maximum absolute atomic E-state index is 12.2. The molecule has 106 valence electrons. The van der Waals surface area contributed by atoms with Gasteiger partial charge in [0.15, 0.2) is 0 Å². The Morgan fingerprint density at radius 1 is 1.00 bits per heavy atom. The van der Waals surface area contributed by atoms with E-state index in [0.29, 0.717) is 11.1 Å². The molecule has 0 aliphatic carbocycles.